The number of halogens is 1. The van der Waals surface area contributed by atoms with Crippen LogP contribution in [0.15, 0.2) is 30.7 Å². The van der Waals surface area contributed by atoms with Gasteiger partial charge in [-0.15, -0.1) is 0 Å². The molecule has 6 aliphatic rings. The number of aromatic nitrogens is 2. The maximum atomic E-state index is 14.5. The van der Waals surface area contributed by atoms with Crippen LogP contribution >= 0.6 is 0 Å². The second-order valence-corrected chi connectivity index (χ2v) is 14.6. The molecule has 4 aliphatic heterocycles. The van der Waals surface area contributed by atoms with E-state index in [9.17, 15) is 14.0 Å². The molecule has 2 bridgehead atoms. The number of piperidine rings is 2. The molecule has 3 saturated heterocycles. The zero-order chi connectivity index (χ0) is 31.9. The number of amides is 2. The lowest BCUT2D eigenvalue weighted by atomic mass is 9.68. The van der Waals surface area contributed by atoms with Gasteiger partial charge in [0.05, 0.1) is 23.5 Å². The Hall–Kier alpha value is -3.27. The van der Waals surface area contributed by atoms with E-state index in [2.05, 4.69) is 25.0 Å². The molecule has 2 amide bonds. The van der Waals surface area contributed by atoms with Crippen LogP contribution in [0.4, 0.5) is 21.6 Å². The molecule has 2 aliphatic carbocycles. The van der Waals surface area contributed by atoms with Gasteiger partial charge in [0.1, 0.15) is 17.8 Å². The first kappa shape index (κ1) is 31.3. The van der Waals surface area contributed by atoms with Crippen LogP contribution in [0, 0.1) is 23.6 Å². The number of likely N-dealkylation sites (tertiary alicyclic amines) is 1. The molecule has 1 aromatic heterocycles. The Kier molecular flexibility index (Phi) is 8.92. The van der Waals surface area contributed by atoms with Crippen LogP contribution in [-0.4, -0.2) is 88.5 Å². The molecule has 5 atom stereocenters. The number of nitrogens with one attached hydrogen (secondary N) is 1. The number of hydrogen-bond acceptors (Lipinski definition) is 7. The van der Waals surface area contributed by atoms with Crippen LogP contribution in [0.3, 0.4) is 0 Å². The van der Waals surface area contributed by atoms with Crippen LogP contribution in [-0.2, 0) is 4.79 Å². The van der Waals surface area contributed by atoms with Crippen molar-refractivity contribution < 1.29 is 14.0 Å². The Bertz CT molecular complexity index is 1430. The number of hydrogen-bond donors (Lipinski definition) is 1. The van der Waals surface area contributed by atoms with Crippen LogP contribution in [0.2, 0.25) is 0 Å². The third-order valence-electron chi connectivity index (χ3n) is 11.4. The van der Waals surface area contributed by atoms with E-state index in [1.165, 1.54) is 50.7 Å². The van der Waals surface area contributed by atoms with E-state index in [-0.39, 0.29) is 24.0 Å². The van der Waals surface area contributed by atoms with Crippen molar-refractivity contribution in [1.82, 2.24) is 25.1 Å². The predicted octanol–water partition coefficient (Wildman–Crippen LogP) is 5.38. The Morgan fingerprint density at radius 3 is 2.63 bits per heavy atom. The Morgan fingerprint density at radius 1 is 1.04 bits per heavy atom. The lowest BCUT2D eigenvalue weighted by Crippen LogP contribution is -2.62. The highest BCUT2D eigenvalue weighted by molar-refractivity contribution is 6.01. The van der Waals surface area contributed by atoms with Gasteiger partial charge in [0.2, 0.25) is 5.91 Å². The predicted molar refractivity (Wildman–Crippen MR) is 178 cm³/mol. The van der Waals surface area contributed by atoms with Crippen LogP contribution in [0.5, 0.6) is 0 Å². The SMILES string of the molecule is CCN(C(=O)c1cc(F)ccc1N1CCN(C2CCCN(C(=O)[C@H]3NC4CC[C@@H]3C[C@H]4CC3CC3)CC2)c2ncncc21)C(C)C. The monoisotopic (exact) mass is 631 g/mol. The molecule has 0 radical (unpaired) electrons. The van der Waals surface area contributed by atoms with Gasteiger partial charge in [-0.25, -0.2) is 14.4 Å². The zero-order valence-corrected chi connectivity index (χ0v) is 27.7. The third kappa shape index (κ3) is 6.09. The average molecular weight is 632 g/mol. The second-order valence-electron chi connectivity index (χ2n) is 14.6. The number of rotatable bonds is 8. The summed E-state index contributed by atoms with van der Waals surface area (Å²) >= 11 is 0. The summed E-state index contributed by atoms with van der Waals surface area (Å²) < 4.78 is 14.5. The van der Waals surface area contributed by atoms with E-state index in [0.29, 0.717) is 48.8 Å². The van der Waals surface area contributed by atoms with Gasteiger partial charge in [-0.2, -0.15) is 0 Å². The van der Waals surface area contributed by atoms with Gasteiger partial charge in [0.15, 0.2) is 5.82 Å². The summed E-state index contributed by atoms with van der Waals surface area (Å²) in [6.07, 6.45) is 14.0. The van der Waals surface area contributed by atoms with Crippen LogP contribution < -0.4 is 15.1 Å². The minimum atomic E-state index is -0.429. The molecule has 248 valence electrons. The quantitative estimate of drug-likeness (QED) is 0.419. The fourth-order valence-corrected chi connectivity index (χ4v) is 8.89. The molecule has 46 heavy (non-hydrogen) atoms. The van der Waals surface area contributed by atoms with Crippen LogP contribution in [0.25, 0.3) is 0 Å². The van der Waals surface area contributed by atoms with Gasteiger partial charge in [0.25, 0.3) is 5.91 Å². The summed E-state index contributed by atoms with van der Waals surface area (Å²) in [6.45, 7) is 9.33. The number of carbonyl (C=O) groups excluding carboxylic acids is 2. The maximum Gasteiger partial charge on any atom is 0.256 e. The van der Waals surface area contributed by atoms with Crippen molar-refractivity contribution in [3.8, 4) is 0 Å². The molecule has 1 aromatic carbocycles. The number of carbonyl (C=O) groups is 2. The summed E-state index contributed by atoms with van der Waals surface area (Å²) in [4.78, 5) is 45.0. The molecule has 10 heteroatoms. The van der Waals surface area contributed by atoms with E-state index >= 15 is 0 Å². The lowest BCUT2D eigenvalue weighted by Gasteiger charge is -2.48. The van der Waals surface area contributed by atoms with Crippen molar-refractivity contribution in [3.63, 3.8) is 0 Å². The molecule has 1 N–H and O–H groups in total. The van der Waals surface area contributed by atoms with Gasteiger partial charge >= 0.3 is 0 Å². The molecular formula is C36H50FN7O2. The fraction of sp³-hybridized carbons (Fsp3) is 0.667. The normalized spacial score (nSPS) is 27.8. The molecule has 9 nitrogen and oxygen atoms in total. The van der Waals surface area contributed by atoms with Crippen molar-refractivity contribution in [2.45, 2.75) is 103 Å². The summed E-state index contributed by atoms with van der Waals surface area (Å²) in [6, 6.07) is 5.22. The largest absolute Gasteiger partial charge is 0.350 e. The van der Waals surface area contributed by atoms with Crippen molar-refractivity contribution >= 4 is 29.0 Å². The number of benzene rings is 1. The number of nitrogens with zero attached hydrogens (tertiary/aromatic N) is 6. The molecule has 5 fully saturated rings. The van der Waals surface area contributed by atoms with E-state index in [0.717, 1.165) is 55.7 Å². The second kappa shape index (κ2) is 13.1. The topological polar surface area (TPSA) is 84.9 Å². The summed E-state index contributed by atoms with van der Waals surface area (Å²) in [5.41, 5.74) is 1.85. The summed E-state index contributed by atoms with van der Waals surface area (Å²) in [7, 11) is 0. The first-order chi connectivity index (χ1) is 22.3. The highest BCUT2D eigenvalue weighted by Crippen LogP contribution is 2.45. The van der Waals surface area contributed by atoms with Gasteiger partial charge in [-0.3, -0.25) is 9.59 Å². The zero-order valence-electron chi connectivity index (χ0n) is 27.7. The average Bonchev–Trinajstić information content (AvgIpc) is 3.91. The Balaban J connectivity index is 1.06. The number of fused-ring (bicyclic) bond motifs is 4. The minimum Gasteiger partial charge on any atom is -0.350 e. The van der Waals surface area contributed by atoms with E-state index < -0.39 is 5.82 Å². The first-order valence-corrected chi connectivity index (χ1v) is 17.8. The van der Waals surface area contributed by atoms with E-state index in [1.807, 2.05) is 20.8 Å². The highest BCUT2D eigenvalue weighted by Gasteiger charge is 2.46. The molecule has 2 unspecified atom stereocenters. The summed E-state index contributed by atoms with van der Waals surface area (Å²) in [5.74, 6) is 2.71. The minimum absolute atomic E-state index is 0.00366. The van der Waals surface area contributed by atoms with E-state index in [4.69, 9.17) is 4.98 Å². The van der Waals surface area contributed by atoms with Crippen molar-refractivity contribution in [3.05, 3.63) is 42.1 Å². The third-order valence-corrected chi connectivity index (χ3v) is 11.4. The fourth-order valence-electron chi connectivity index (χ4n) is 8.89. The molecule has 2 aromatic rings. The van der Waals surface area contributed by atoms with Gasteiger partial charge in [-0.1, -0.05) is 12.8 Å². The highest BCUT2D eigenvalue weighted by atomic mass is 19.1. The molecule has 8 rings (SSSR count). The van der Waals surface area contributed by atoms with Crippen molar-refractivity contribution in [1.29, 1.82) is 0 Å². The van der Waals surface area contributed by atoms with Crippen LogP contribution in [0.1, 0.15) is 88.9 Å². The molecular weight excluding hydrogens is 581 g/mol. The molecule has 5 heterocycles. The van der Waals surface area contributed by atoms with E-state index in [1.54, 1.807) is 23.5 Å². The maximum absolute atomic E-state index is 14.5. The molecule has 2 saturated carbocycles. The smallest absolute Gasteiger partial charge is 0.256 e. The van der Waals surface area contributed by atoms with Gasteiger partial charge in [-0.05, 0) is 102 Å². The summed E-state index contributed by atoms with van der Waals surface area (Å²) in [5, 5.41) is 3.82. The number of anilines is 3. The first-order valence-electron chi connectivity index (χ1n) is 17.8. The standard InChI is InChI=1S/C36H50FN7O2/c1-4-42(23(2)3)35(45)29-20-27(37)10-12-31(29)44-17-16-43(34-32(44)21-38-22-39-34)28-6-5-14-41(15-13-28)36(46)33-25-9-11-30(40-33)26(19-25)18-24-7-8-24/h10,12,20-26,28,30,33,40H,4-9,11,13-19H2,1-3H3/t25-,26-,28?,30?,33+/m1/s1. The Labute approximate surface area is 272 Å². The Morgan fingerprint density at radius 2 is 1.89 bits per heavy atom. The van der Waals surface area contributed by atoms with Crippen molar-refractivity contribution in [2.75, 3.05) is 42.5 Å². The van der Waals surface area contributed by atoms with Gasteiger partial charge in [0, 0.05) is 50.8 Å². The molecule has 0 spiro atoms. The van der Waals surface area contributed by atoms with Crippen molar-refractivity contribution in [2.24, 2.45) is 17.8 Å². The van der Waals surface area contributed by atoms with Gasteiger partial charge < -0.3 is 24.9 Å². The lowest BCUT2D eigenvalue weighted by molar-refractivity contribution is -0.138.